The Morgan fingerprint density at radius 1 is 0.962 bits per heavy atom. The normalized spacial score (nSPS) is 11.8. The molecule has 0 saturated heterocycles. The first kappa shape index (κ1) is 16.8. The van der Waals surface area contributed by atoms with Gasteiger partial charge >= 0.3 is 0 Å². The molecule has 2 nitrogen and oxygen atoms in total. The van der Waals surface area contributed by atoms with Crippen LogP contribution in [0.3, 0.4) is 0 Å². The molecular formula is C24H26NO+. The molecule has 0 saturated carbocycles. The largest absolute Gasteiger partial charge is 0.455 e. The lowest BCUT2D eigenvalue weighted by Gasteiger charge is -2.09. The van der Waals surface area contributed by atoms with E-state index in [0.29, 0.717) is 5.92 Å². The lowest BCUT2D eigenvalue weighted by Crippen LogP contribution is -2.31. The molecule has 2 aromatic heterocycles. The number of benzene rings is 2. The average Bonchev–Trinajstić information content (AvgIpc) is 2.94. The molecule has 0 radical (unpaired) electrons. The Morgan fingerprint density at radius 2 is 1.77 bits per heavy atom. The fraction of sp³-hybridized carbons (Fsp3) is 0.292. The monoisotopic (exact) mass is 344 g/mol. The third-order valence-corrected chi connectivity index (χ3v) is 5.12. The summed E-state index contributed by atoms with van der Waals surface area (Å²) >= 11 is 0. The molecule has 132 valence electrons. The van der Waals surface area contributed by atoms with Crippen molar-refractivity contribution in [1.29, 1.82) is 0 Å². The Labute approximate surface area is 155 Å². The summed E-state index contributed by atoms with van der Waals surface area (Å²) in [5.41, 5.74) is 8.22. The minimum Gasteiger partial charge on any atom is -0.455 e. The number of aryl methyl sites for hydroxylation is 3. The Kier molecular flexibility index (Phi) is 4.07. The Balaban J connectivity index is 2.02. The van der Waals surface area contributed by atoms with Crippen molar-refractivity contribution >= 4 is 21.9 Å². The van der Waals surface area contributed by atoms with Crippen molar-refractivity contribution in [3.05, 3.63) is 65.4 Å². The van der Waals surface area contributed by atoms with E-state index in [1.807, 2.05) is 0 Å². The number of fused-ring (bicyclic) bond motifs is 3. The van der Waals surface area contributed by atoms with Gasteiger partial charge in [-0.15, -0.1) is 0 Å². The minimum absolute atomic E-state index is 0.640. The highest BCUT2D eigenvalue weighted by Crippen LogP contribution is 2.37. The van der Waals surface area contributed by atoms with Gasteiger partial charge in [-0.1, -0.05) is 37.6 Å². The van der Waals surface area contributed by atoms with Gasteiger partial charge in [0, 0.05) is 22.9 Å². The van der Waals surface area contributed by atoms with E-state index in [1.54, 1.807) is 0 Å². The van der Waals surface area contributed by atoms with Crippen molar-refractivity contribution in [3.8, 4) is 11.3 Å². The summed E-state index contributed by atoms with van der Waals surface area (Å²) in [5.74, 6) is 0.640. The molecule has 2 heterocycles. The summed E-state index contributed by atoms with van der Waals surface area (Å²) in [6.45, 7) is 8.82. The van der Waals surface area contributed by atoms with Crippen molar-refractivity contribution in [2.75, 3.05) is 0 Å². The maximum absolute atomic E-state index is 6.34. The molecule has 26 heavy (non-hydrogen) atoms. The van der Waals surface area contributed by atoms with Crippen LogP contribution in [0.25, 0.3) is 33.2 Å². The maximum atomic E-state index is 6.34. The highest BCUT2D eigenvalue weighted by molar-refractivity contribution is 6.09. The molecule has 4 aromatic rings. The summed E-state index contributed by atoms with van der Waals surface area (Å²) < 4.78 is 8.53. The topological polar surface area (TPSA) is 17.0 Å². The van der Waals surface area contributed by atoms with Crippen LogP contribution in [0.15, 0.2) is 53.1 Å². The van der Waals surface area contributed by atoms with E-state index in [2.05, 4.69) is 88.0 Å². The van der Waals surface area contributed by atoms with Gasteiger partial charge in [-0.2, -0.15) is 0 Å². The van der Waals surface area contributed by atoms with Gasteiger partial charge in [-0.25, -0.2) is 4.57 Å². The number of hydrogen-bond donors (Lipinski definition) is 0. The molecule has 0 unspecified atom stereocenters. The second kappa shape index (κ2) is 6.28. The highest BCUT2D eigenvalue weighted by atomic mass is 16.3. The van der Waals surface area contributed by atoms with Gasteiger partial charge in [0.25, 0.3) is 0 Å². The van der Waals surface area contributed by atoms with E-state index in [0.717, 1.165) is 17.6 Å². The van der Waals surface area contributed by atoms with Gasteiger partial charge in [0.1, 0.15) is 18.2 Å². The zero-order chi connectivity index (χ0) is 18.4. The molecule has 0 aliphatic heterocycles. The van der Waals surface area contributed by atoms with E-state index in [9.17, 15) is 0 Å². The number of aromatic nitrogens is 1. The number of pyridine rings is 1. The van der Waals surface area contributed by atoms with Crippen molar-refractivity contribution in [2.24, 2.45) is 13.0 Å². The maximum Gasteiger partial charge on any atom is 0.216 e. The standard InChI is InChI=1S/C24H26NO/c1-15(2)12-18-10-11-25(5)21(14-18)23-17(4)7-8-19-20-13-16(3)6-9-22(20)26-24(19)23/h6-11,13-15H,12H2,1-5H3/q+1. The first-order valence-electron chi connectivity index (χ1n) is 9.35. The number of nitrogens with zero attached hydrogens (tertiary/aromatic N) is 1. The molecular weight excluding hydrogens is 318 g/mol. The molecule has 4 rings (SSSR count). The predicted molar refractivity (Wildman–Crippen MR) is 108 cm³/mol. The van der Waals surface area contributed by atoms with Crippen LogP contribution in [-0.4, -0.2) is 0 Å². The first-order valence-corrected chi connectivity index (χ1v) is 9.35. The van der Waals surface area contributed by atoms with Gasteiger partial charge in [0.15, 0.2) is 6.20 Å². The zero-order valence-corrected chi connectivity index (χ0v) is 16.3. The third-order valence-electron chi connectivity index (χ3n) is 5.12. The Hall–Kier alpha value is -2.61. The minimum atomic E-state index is 0.640. The van der Waals surface area contributed by atoms with Crippen molar-refractivity contribution in [2.45, 2.75) is 34.1 Å². The van der Waals surface area contributed by atoms with Gasteiger partial charge in [-0.3, -0.25) is 0 Å². The van der Waals surface area contributed by atoms with Crippen LogP contribution in [-0.2, 0) is 13.5 Å². The fourth-order valence-corrected chi connectivity index (χ4v) is 3.83. The second-order valence-corrected chi connectivity index (χ2v) is 7.86. The summed E-state index contributed by atoms with van der Waals surface area (Å²) in [7, 11) is 2.11. The summed E-state index contributed by atoms with van der Waals surface area (Å²) in [6.07, 6.45) is 3.25. The number of rotatable bonds is 3. The molecule has 2 aromatic carbocycles. The van der Waals surface area contributed by atoms with Crippen LogP contribution < -0.4 is 4.57 Å². The smallest absolute Gasteiger partial charge is 0.216 e. The Morgan fingerprint density at radius 3 is 2.54 bits per heavy atom. The molecule has 0 fully saturated rings. The summed E-state index contributed by atoms with van der Waals surface area (Å²) in [4.78, 5) is 0. The molecule has 0 bridgehead atoms. The Bertz CT molecular complexity index is 1120. The van der Waals surface area contributed by atoms with Gasteiger partial charge in [0.2, 0.25) is 5.69 Å². The molecule has 2 heteroatoms. The van der Waals surface area contributed by atoms with Crippen LogP contribution in [0.1, 0.15) is 30.5 Å². The van der Waals surface area contributed by atoms with E-state index in [1.165, 1.54) is 38.7 Å². The molecule has 0 aliphatic carbocycles. The lowest BCUT2D eigenvalue weighted by atomic mass is 9.97. The van der Waals surface area contributed by atoms with Crippen molar-refractivity contribution in [1.82, 2.24) is 0 Å². The van der Waals surface area contributed by atoms with Crippen LogP contribution in [0.2, 0.25) is 0 Å². The van der Waals surface area contributed by atoms with E-state index < -0.39 is 0 Å². The molecule has 0 aliphatic rings. The lowest BCUT2D eigenvalue weighted by molar-refractivity contribution is -0.660. The highest BCUT2D eigenvalue weighted by Gasteiger charge is 2.21. The molecule has 0 atom stereocenters. The second-order valence-electron chi connectivity index (χ2n) is 7.86. The molecule has 0 spiro atoms. The zero-order valence-electron chi connectivity index (χ0n) is 16.3. The fourth-order valence-electron chi connectivity index (χ4n) is 3.83. The van der Waals surface area contributed by atoms with Crippen LogP contribution >= 0.6 is 0 Å². The van der Waals surface area contributed by atoms with E-state index in [4.69, 9.17) is 4.42 Å². The number of hydrogen-bond acceptors (Lipinski definition) is 1. The van der Waals surface area contributed by atoms with E-state index in [-0.39, 0.29) is 0 Å². The molecule has 0 amide bonds. The average molecular weight is 344 g/mol. The molecule has 0 N–H and O–H groups in total. The predicted octanol–water partition coefficient (Wildman–Crippen LogP) is 5.89. The number of furan rings is 1. The summed E-state index contributed by atoms with van der Waals surface area (Å²) in [6, 6.07) is 15.4. The first-order chi connectivity index (χ1) is 12.4. The van der Waals surface area contributed by atoms with Gasteiger partial charge in [-0.05, 0) is 49.4 Å². The quantitative estimate of drug-likeness (QED) is 0.423. The van der Waals surface area contributed by atoms with Crippen LogP contribution in [0.5, 0.6) is 0 Å². The van der Waals surface area contributed by atoms with Crippen molar-refractivity contribution < 1.29 is 8.98 Å². The third kappa shape index (κ3) is 2.80. The van der Waals surface area contributed by atoms with Crippen LogP contribution in [0.4, 0.5) is 0 Å². The van der Waals surface area contributed by atoms with Crippen LogP contribution in [0, 0.1) is 19.8 Å². The van der Waals surface area contributed by atoms with Gasteiger partial charge < -0.3 is 4.42 Å². The SMILES string of the molecule is Cc1ccc2oc3c(-c4cc(CC(C)C)cc[n+]4C)c(C)ccc3c2c1. The summed E-state index contributed by atoms with van der Waals surface area (Å²) in [5, 5.41) is 2.39. The van der Waals surface area contributed by atoms with E-state index >= 15 is 0 Å². The van der Waals surface area contributed by atoms with Gasteiger partial charge in [0.05, 0.1) is 5.56 Å². The van der Waals surface area contributed by atoms with Crippen molar-refractivity contribution in [3.63, 3.8) is 0 Å².